The third kappa shape index (κ3) is 9.43. The summed E-state index contributed by atoms with van der Waals surface area (Å²) in [7, 11) is 0. The van der Waals surface area contributed by atoms with E-state index in [1.807, 2.05) is 27.7 Å². The molecule has 0 saturated carbocycles. The molecule has 0 unspecified atom stereocenters. The molecular weight excluding hydrogens is 138 g/mol. The number of amidine groups is 1. The Hall–Kier alpha value is -0.570. The first-order valence-corrected chi connectivity index (χ1v) is 4.39. The van der Waals surface area contributed by atoms with E-state index < -0.39 is 0 Å². The standard InChI is InChI=1S/C4H9N3.2C2H6/c5-4-3-6-1-2-7-4;2*1-2/h6H,1-3H2,(H2,5,7);2*1-2H3. The van der Waals surface area contributed by atoms with Gasteiger partial charge in [0.25, 0.3) is 0 Å². The third-order valence-electron chi connectivity index (χ3n) is 0.910. The summed E-state index contributed by atoms with van der Waals surface area (Å²) in [6, 6.07) is 0. The summed E-state index contributed by atoms with van der Waals surface area (Å²) in [5.74, 6) is 0.728. The van der Waals surface area contributed by atoms with E-state index in [1.165, 1.54) is 0 Å². The average molecular weight is 159 g/mol. The van der Waals surface area contributed by atoms with E-state index in [0.29, 0.717) is 0 Å². The largest absolute Gasteiger partial charge is 0.386 e. The first-order valence-electron chi connectivity index (χ1n) is 4.39. The molecule has 0 aromatic carbocycles. The first kappa shape index (κ1) is 13.1. The van der Waals surface area contributed by atoms with Gasteiger partial charge >= 0.3 is 0 Å². The minimum atomic E-state index is 0.728. The molecule has 0 radical (unpaired) electrons. The van der Waals surface area contributed by atoms with Crippen molar-refractivity contribution in [3.8, 4) is 0 Å². The smallest absolute Gasteiger partial charge is 0.108 e. The lowest BCUT2D eigenvalue weighted by Gasteiger charge is -2.07. The molecule has 68 valence electrons. The monoisotopic (exact) mass is 159 g/mol. The summed E-state index contributed by atoms with van der Waals surface area (Å²) in [6.45, 7) is 10.6. The zero-order chi connectivity index (χ0) is 9.11. The van der Waals surface area contributed by atoms with E-state index in [0.717, 1.165) is 25.5 Å². The van der Waals surface area contributed by atoms with Crippen molar-refractivity contribution in [2.45, 2.75) is 27.7 Å². The predicted octanol–water partition coefficient (Wildman–Crippen LogP) is 0.999. The Morgan fingerprint density at radius 1 is 1.27 bits per heavy atom. The van der Waals surface area contributed by atoms with E-state index in [1.54, 1.807) is 0 Å². The Balaban J connectivity index is 0. The van der Waals surface area contributed by atoms with Gasteiger partial charge in [-0.05, 0) is 0 Å². The zero-order valence-corrected chi connectivity index (χ0v) is 8.15. The minimum Gasteiger partial charge on any atom is -0.386 e. The SMILES string of the molecule is CC.CC.NC1=NCCNC1. The number of nitrogens with one attached hydrogen (secondary N) is 1. The van der Waals surface area contributed by atoms with Crippen LogP contribution in [0, 0.1) is 0 Å². The normalized spacial score (nSPS) is 14.7. The molecule has 0 spiro atoms. The fourth-order valence-electron chi connectivity index (χ4n) is 0.551. The van der Waals surface area contributed by atoms with Gasteiger partial charge in [-0.15, -0.1) is 0 Å². The Labute approximate surface area is 70.1 Å². The Kier molecular flexibility index (Phi) is 14.4. The van der Waals surface area contributed by atoms with E-state index in [-0.39, 0.29) is 0 Å². The summed E-state index contributed by atoms with van der Waals surface area (Å²) in [4.78, 5) is 3.96. The number of nitrogens with zero attached hydrogens (tertiary/aromatic N) is 1. The molecule has 0 saturated heterocycles. The minimum absolute atomic E-state index is 0.728. The van der Waals surface area contributed by atoms with Crippen LogP contribution in [0.1, 0.15) is 27.7 Å². The van der Waals surface area contributed by atoms with Gasteiger partial charge in [0, 0.05) is 6.54 Å². The molecule has 0 atom stereocenters. The highest BCUT2D eigenvalue weighted by atomic mass is 15.0. The highest BCUT2D eigenvalue weighted by Gasteiger charge is 1.95. The lowest BCUT2D eigenvalue weighted by molar-refractivity contribution is 0.732. The van der Waals surface area contributed by atoms with Gasteiger partial charge in [0.1, 0.15) is 5.84 Å². The Morgan fingerprint density at radius 2 is 1.82 bits per heavy atom. The van der Waals surface area contributed by atoms with Gasteiger partial charge in [0.15, 0.2) is 0 Å². The Bertz CT molecular complexity index is 89.3. The summed E-state index contributed by atoms with van der Waals surface area (Å²) < 4.78 is 0. The molecule has 1 aliphatic rings. The van der Waals surface area contributed by atoms with E-state index >= 15 is 0 Å². The quantitative estimate of drug-likeness (QED) is 0.554. The second-order valence-corrected chi connectivity index (χ2v) is 1.55. The van der Waals surface area contributed by atoms with Gasteiger partial charge in [0.05, 0.1) is 13.1 Å². The van der Waals surface area contributed by atoms with Crippen molar-refractivity contribution in [3.63, 3.8) is 0 Å². The molecule has 1 aliphatic heterocycles. The molecule has 11 heavy (non-hydrogen) atoms. The van der Waals surface area contributed by atoms with Crippen molar-refractivity contribution in [1.29, 1.82) is 0 Å². The number of nitrogens with two attached hydrogens (primary N) is 1. The summed E-state index contributed by atoms with van der Waals surface area (Å²) >= 11 is 0. The van der Waals surface area contributed by atoms with Gasteiger partial charge in [-0.25, -0.2) is 0 Å². The maximum Gasteiger partial charge on any atom is 0.108 e. The average Bonchev–Trinajstić information content (AvgIpc) is 2.13. The van der Waals surface area contributed by atoms with Crippen LogP contribution in [0.2, 0.25) is 0 Å². The van der Waals surface area contributed by atoms with Gasteiger partial charge in [-0.2, -0.15) is 0 Å². The van der Waals surface area contributed by atoms with Crippen molar-refractivity contribution in [3.05, 3.63) is 0 Å². The van der Waals surface area contributed by atoms with Crippen LogP contribution in [0.3, 0.4) is 0 Å². The van der Waals surface area contributed by atoms with Crippen LogP contribution < -0.4 is 11.1 Å². The molecule has 0 aliphatic carbocycles. The van der Waals surface area contributed by atoms with Crippen LogP contribution >= 0.6 is 0 Å². The summed E-state index contributed by atoms with van der Waals surface area (Å²) in [5, 5.41) is 3.08. The van der Waals surface area contributed by atoms with Gasteiger partial charge in [-0.1, -0.05) is 27.7 Å². The van der Waals surface area contributed by atoms with Crippen LogP contribution in [-0.4, -0.2) is 25.5 Å². The third-order valence-corrected chi connectivity index (χ3v) is 0.910. The zero-order valence-electron chi connectivity index (χ0n) is 8.15. The second kappa shape index (κ2) is 12.1. The maximum atomic E-state index is 5.32. The van der Waals surface area contributed by atoms with Crippen molar-refractivity contribution in [2.24, 2.45) is 10.7 Å². The molecule has 0 aromatic rings. The number of hydrogen-bond donors (Lipinski definition) is 2. The molecule has 0 amide bonds. The number of aliphatic imine (C=N–C) groups is 1. The second-order valence-electron chi connectivity index (χ2n) is 1.55. The van der Waals surface area contributed by atoms with E-state index in [2.05, 4.69) is 10.3 Å². The van der Waals surface area contributed by atoms with Gasteiger partial charge in [0.2, 0.25) is 0 Å². The Morgan fingerprint density at radius 3 is 2.00 bits per heavy atom. The fourth-order valence-corrected chi connectivity index (χ4v) is 0.551. The lowest BCUT2D eigenvalue weighted by Crippen LogP contribution is -2.35. The molecule has 0 aromatic heterocycles. The van der Waals surface area contributed by atoms with Gasteiger partial charge in [-0.3, -0.25) is 4.99 Å². The molecule has 0 fully saturated rings. The highest BCUT2D eigenvalue weighted by molar-refractivity contribution is 5.82. The predicted molar refractivity (Wildman–Crippen MR) is 52.1 cm³/mol. The maximum absolute atomic E-state index is 5.32. The molecular formula is C8H21N3. The van der Waals surface area contributed by atoms with E-state index in [9.17, 15) is 0 Å². The van der Waals surface area contributed by atoms with Crippen LogP contribution in [0.4, 0.5) is 0 Å². The molecule has 3 N–H and O–H groups in total. The number of rotatable bonds is 0. The summed E-state index contributed by atoms with van der Waals surface area (Å²) in [5.41, 5.74) is 5.32. The van der Waals surface area contributed by atoms with Crippen LogP contribution in [0.15, 0.2) is 4.99 Å². The van der Waals surface area contributed by atoms with Crippen molar-refractivity contribution in [1.82, 2.24) is 5.32 Å². The first-order chi connectivity index (χ1) is 5.39. The fraction of sp³-hybridized carbons (Fsp3) is 0.875. The van der Waals surface area contributed by atoms with Crippen LogP contribution in [-0.2, 0) is 0 Å². The van der Waals surface area contributed by atoms with Gasteiger partial charge < -0.3 is 11.1 Å². The van der Waals surface area contributed by atoms with E-state index in [4.69, 9.17) is 5.73 Å². The van der Waals surface area contributed by atoms with Crippen molar-refractivity contribution < 1.29 is 0 Å². The number of hydrogen-bond acceptors (Lipinski definition) is 3. The highest BCUT2D eigenvalue weighted by Crippen LogP contribution is 1.75. The molecule has 0 bridgehead atoms. The van der Waals surface area contributed by atoms with Crippen molar-refractivity contribution in [2.75, 3.05) is 19.6 Å². The van der Waals surface area contributed by atoms with Crippen LogP contribution in [0.5, 0.6) is 0 Å². The molecule has 3 nitrogen and oxygen atoms in total. The molecule has 3 heteroatoms. The molecule has 1 heterocycles. The lowest BCUT2D eigenvalue weighted by atomic mass is 10.5. The summed E-state index contributed by atoms with van der Waals surface area (Å²) in [6.07, 6.45) is 0. The topological polar surface area (TPSA) is 50.4 Å². The molecule has 1 rings (SSSR count). The van der Waals surface area contributed by atoms with Crippen LogP contribution in [0.25, 0.3) is 0 Å². The van der Waals surface area contributed by atoms with Crippen molar-refractivity contribution >= 4 is 5.84 Å².